The lowest BCUT2D eigenvalue weighted by Crippen LogP contribution is -2.48. The summed E-state index contributed by atoms with van der Waals surface area (Å²) in [6.45, 7) is 6.39. The number of nitrogens with two attached hydrogens (primary N) is 1. The molecule has 0 radical (unpaired) electrons. The highest BCUT2D eigenvalue weighted by Crippen LogP contribution is 2.26. The fraction of sp³-hybridized carbons (Fsp3) is 0.818. The molecule has 1 aliphatic heterocycles. The van der Waals surface area contributed by atoms with E-state index >= 15 is 0 Å². The molecule has 0 aliphatic carbocycles. The molecule has 1 heterocycles. The Hall–Kier alpha value is -1.14. The van der Waals surface area contributed by atoms with E-state index in [0.29, 0.717) is 13.0 Å². The first-order valence-corrected chi connectivity index (χ1v) is 5.74. The first-order valence-electron chi connectivity index (χ1n) is 5.74. The van der Waals surface area contributed by atoms with Gasteiger partial charge in [0.1, 0.15) is 6.04 Å². The highest BCUT2D eigenvalue weighted by molar-refractivity contribution is 5.79. The van der Waals surface area contributed by atoms with Crippen molar-refractivity contribution in [3.8, 4) is 0 Å². The molecule has 17 heavy (non-hydrogen) atoms. The summed E-state index contributed by atoms with van der Waals surface area (Å²) in [7, 11) is 0. The third kappa shape index (κ3) is 3.41. The highest BCUT2D eigenvalue weighted by atomic mass is 16.4. The molecular formula is C11H21N3O3. The van der Waals surface area contributed by atoms with Crippen LogP contribution in [-0.2, 0) is 9.59 Å². The largest absolute Gasteiger partial charge is 0.480 e. The molecule has 0 spiro atoms. The summed E-state index contributed by atoms with van der Waals surface area (Å²) >= 11 is 0. The van der Waals surface area contributed by atoms with Crippen LogP contribution in [0, 0.1) is 0 Å². The zero-order chi connectivity index (χ0) is 13.2. The topological polar surface area (TPSA) is 95.7 Å². The number of carbonyl (C=O) groups excluding carboxylic acids is 1. The van der Waals surface area contributed by atoms with Gasteiger partial charge in [0.2, 0.25) is 5.91 Å². The lowest BCUT2D eigenvalue weighted by Gasteiger charge is -2.34. The van der Waals surface area contributed by atoms with Crippen molar-refractivity contribution in [1.82, 2.24) is 10.2 Å². The number of rotatable bonds is 3. The maximum Gasteiger partial charge on any atom is 0.321 e. The van der Waals surface area contributed by atoms with Gasteiger partial charge in [0.05, 0.1) is 6.54 Å². The number of nitrogens with zero attached hydrogens (tertiary/aromatic N) is 1. The lowest BCUT2D eigenvalue weighted by atomic mass is 10.0. The van der Waals surface area contributed by atoms with Crippen LogP contribution in [0.1, 0.15) is 27.2 Å². The second-order valence-corrected chi connectivity index (χ2v) is 5.38. The smallest absolute Gasteiger partial charge is 0.321 e. The number of aliphatic carboxylic acids is 1. The van der Waals surface area contributed by atoms with E-state index in [1.807, 2.05) is 25.7 Å². The Kier molecular flexibility index (Phi) is 4.11. The molecule has 1 aliphatic rings. The first kappa shape index (κ1) is 13.9. The van der Waals surface area contributed by atoms with E-state index in [2.05, 4.69) is 5.32 Å². The fourth-order valence-electron chi connectivity index (χ4n) is 2.20. The van der Waals surface area contributed by atoms with E-state index in [4.69, 9.17) is 5.73 Å². The highest BCUT2D eigenvalue weighted by Gasteiger charge is 2.42. The van der Waals surface area contributed by atoms with E-state index < -0.39 is 12.0 Å². The summed E-state index contributed by atoms with van der Waals surface area (Å²) in [5.74, 6) is -1.08. The molecule has 6 heteroatoms. The normalized spacial score (nSPS) is 25.9. The van der Waals surface area contributed by atoms with Gasteiger partial charge in [-0.05, 0) is 27.2 Å². The van der Waals surface area contributed by atoms with E-state index in [-0.39, 0.29) is 24.0 Å². The predicted molar refractivity (Wildman–Crippen MR) is 63.5 cm³/mol. The fourth-order valence-corrected chi connectivity index (χ4v) is 2.20. The molecule has 98 valence electrons. The van der Waals surface area contributed by atoms with Gasteiger partial charge in [-0.1, -0.05) is 0 Å². The number of carbonyl (C=O) groups is 2. The molecule has 0 unspecified atom stereocenters. The number of hydrogen-bond donors (Lipinski definition) is 3. The Balaban J connectivity index is 2.73. The van der Waals surface area contributed by atoms with Gasteiger partial charge >= 0.3 is 5.97 Å². The van der Waals surface area contributed by atoms with Gasteiger partial charge in [0.15, 0.2) is 0 Å². The van der Waals surface area contributed by atoms with Gasteiger partial charge in [0.25, 0.3) is 0 Å². The Morgan fingerprint density at radius 2 is 2.06 bits per heavy atom. The summed E-state index contributed by atoms with van der Waals surface area (Å²) in [6.07, 6.45) is 0.429. The molecular weight excluding hydrogens is 222 g/mol. The van der Waals surface area contributed by atoms with Gasteiger partial charge in [-0.3, -0.25) is 14.5 Å². The van der Waals surface area contributed by atoms with Crippen molar-refractivity contribution in [3.05, 3.63) is 0 Å². The second kappa shape index (κ2) is 5.01. The number of amides is 1. The van der Waals surface area contributed by atoms with E-state index in [0.717, 1.165) is 0 Å². The van der Waals surface area contributed by atoms with Crippen molar-refractivity contribution in [2.45, 2.75) is 44.8 Å². The van der Waals surface area contributed by atoms with Gasteiger partial charge in [-0.15, -0.1) is 0 Å². The quantitative estimate of drug-likeness (QED) is 0.614. The monoisotopic (exact) mass is 243 g/mol. The van der Waals surface area contributed by atoms with Crippen molar-refractivity contribution in [2.24, 2.45) is 5.73 Å². The molecule has 0 aromatic rings. The minimum Gasteiger partial charge on any atom is -0.480 e. The van der Waals surface area contributed by atoms with Crippen LogP contribution in [0.5, 0.6) is 0 Å². The average molecular weight is 243 g/mol. The van der Waals surface area contributed by atoms with Crippen LogP contribution in [-0.4, -0.2) is 52.6 Å². The predicted octanol–water partition coefficient (Wildman–Crippen LogP) is -0.613. The molecule has 0 saturated carbocycles. The average Bonchev–Trinajstić information content (AvgIpc) is 2.61. The second-order valence-electron chi connectivity index (χ2n) is 5.38. The number of nitrogens with one attached hydrogen (secondary N) is 1. The van der Waals surface area contributed by atoms with Crippen molar-refractivity contribution >= 4 is 11.9 Å². The third-order valence-electron chi connectivity index (χ3n) is 3.00. The zero-order valence-corrected chi connectivity index (χ0v) is 10.6. The maximum atomic E-state index is 11.2. The lowest BCUT2D eigenvalue weighted by molar-refractivity contribution is -0.144. The van der Waals surface area contributed by atoms with Gasteiger partial charge in [-0.25, -0.2) is 0 Å². The van der Waals surface area contributed by atoms with Crippen LogP contribution in [0.4, 0.5) is 0 Å². The molecule has 1 amide bonds. The SMILES string of the molecule is CC(C)(C)N1C[C@H](NC(=O)CN)C[C@H]1C(=O)O. The summed E-state index contributed by atoms with van der Waals surface area (Å²) in [5, 5.41) is 11.9. The molecule has 4 N–H and O–H groups in total. The molecule has 6 nitrogen and oxygen atoms in total. The molecule has 1 saturated heterocycles. The molecule has 1 rings (SSSR count). The summed E-state index contributed by atoms with van der Waals surface area (Å²) in [4.78, 5) is 24.3. The Labute approximate surface area is 101 Å². The van der Waals surface area contributed by atoms with Crippen LogP contribution in [0.2, 0.25) is 0 Å². The van der Waals surface area contributed by atoms with Crippen LogP contribution in [0.15, 0.2) is 0 Å². The van der Waals surface area contributed by atoms with E-state index in [1.54, 1.807) is 0 Å². The van der Waals surface area contributed by atoms with E-state index in [9.17, 15) is 14.7 Å². The standard InChI is InChI=1S/C11H21N3O3/c1-11(2,3)14-6-7(13-9(15)5-12)4-8(14)10(16)17/h7-8H,4-6,12H2,1-3H3,(H,13,15)(H,16,17)/t7-,8+/m1/s1. The third-order valence-corrected chi connectivity index (χ3v) is 3.00. The van der Waals surface area contributed by atoms with Crippen LogP contribution in [0.3, 0.4) is 0 Å². The zero-order valence-electron chi connectivity index (χ0n) is 10.6. The number of hydrogen-bond acceptors (Lipinski definition) is 4. The van der Waals surface area contributed by atoms with Crippen molar-refractivity contribution in [1.29, 1.82) is 0 Å². The van der Waals surface area contributed by atoms with Gasteiger partial charge in [0, 0.05) is 18.1 Å². The number of carboxylic acids is 1. The summed E-state index contributed by atoms with van der Waals surface area (Å²) in [6, 6.07) is -0.676. The van der Waals surface area contributed by atoms with Crippen molar-refractivity contribution in [3.63, 3.8) is 0 Å². The van der Waals surface area contributed by atoms with Crippen molar-refractivity contribution < 1.29 is 14.7 Å². The Morgan fingerprint density at radius 3 is 2.41 bits per heavy atom. The first-order chi connectivity index (χ1) is 7.75. The van der Waals surface area contributed by atoms with Crippen LogP contribution in [0.25, 0.3) is 0 Å². The summed E-state index contributed by atoms with van der Waals surface area (Å²) < 4.78 is 0. The molecule has 0 aromatic carbocycles. The van der Waals surface area contributed by atoms with Gasteiger partial charge in [-0.2, -0.15) is 0 Å². The Bertz CT molecular complexity index is 312. The van der Waals surface area contributed by atoms with Crippen LogP contribution >= 0.6 is 0 Å². The minimum atomic E-state index is -0.843. The van der Waals surface area contributed by atoms with Crippen molar-refractivity contribution in [2.75, 3.05) is 13.1 Å². The van der Waals surface area contributed by atoms with Gasteiger partial charge < -0.3 is 16.2 Å². The molecule has 2 atom stereocenters. The summed E-state index contributed by atoms with van der Waals surface area (Å²) in [5.41, 5.74) is 4.99. The number of carboxylic acid groups (broad SMARTS) is 1. The van der Waals surface area contributed by atoms with E-state index in [1.165, 1.54) is 0 Å². The molecule has 1 fully saturated rings. The maximum absolute atomic E-state index is 11.2. The molecule has 0 bridgehead atoms. The molecule has 0 aromatic heterocycles. The minimum absolute atomic E-state index is 0.0657. The van der Waals surface area contributed by atoms with Crippen LogP contribution < -0.4 is 11.1 Å². The Morgan fingerprint density at radius 1 is 1.47 bits per heavy atom. The number of likely N-dealkylation sites (tertiary alicyclic amines) is 1.